The summed E-state index contributed by atoms with van der Waals surface area (Å²) in [5.74, 6) is 0.0747. The summed E-state index contributed by atoms with van der Waals surface area (Å²) >= 11 is 0. The average molecular weight is 277 g/mol. The van der Waals surface area contributed by atoms with Crippen molar-refractivity contribution >= 4 is 11.6 Å². The Morgan fingerprint density at radius 2 is 1.85 bits per heavy atom. The Bertz CT molecular complexity index is 406. The molecule has 0 saturated heterocycles. The van der Waals surface area contributed by atoms with Crippen LogP contribution in [0.4, 0.5) is 5.69 Å². The topological polar surface area (TPSA) is 44.4 Å². The summed E-state index contributed by atoms with van der Waals surface area (Å²) in [7, 11) is 1.96. The summed E-state index contributed by atoms with van der Waals surface area (Å²) < 4.78 is 0. The molecule has 4 heteroatoms. The van der Waals surface area contributed by atoms with Gasteiger partial charge in [-0.2, -0.15) is 0 Å². The fraction of sp³-hybridized carbons (Fsp3) is 0.562. The van der Waals surface area contributed by atoms with Crippen LogP contribution >= 0.6 is 0 Å². The number of hydrogen-bond donors (Lipinski definition) is 2. The highest BCUT2D eigenvalue weighted by molar-refractivity contribution is 5.81. The first-order valence-corrected chi connectivity index (χ1v) is 7.45. The molecule has 0 aliphatic rings. The lowest BCUT2D eigenvalue weighted by Gasteiger charge is -2.22. The van der Waals surface area contributed by atoms with Crippen LogP contribution in [0.2, 0.25) is 0 Å². The van der Waals surface area contributed by atoms with Gasteiger partial charge in [0.2, 0.25) is 5.91 Å². The fourth-order valence-corrected chi connectivity index (χ4v) is 2.05. The van der Waals surface area contributed by atoms with Gasteiger partial charge in [-0.05, 0) is 31.0 Å². The first-order valence-electron chi connectivity index (χ1n) is 7.45. The Morgan fingerprint density at radius 1 is 1.15 bits per heavy atom. The largest absolute Gasteiger partial charge is 0.365 e. The highest BCUT2D eigenvalue weighted by Gasteiger charge is 2.10. The van der Waals surface area contributed by atoms with E-state index in [4.69, 9.17) is 0 Å². The zero-order valence-electron chi connectivity index (χ0n) is 12.9. The Hall–Kier alpha value is -1.55. The van der Waals surface area contributed by atoms with E-state index in [0.29, 0.717) is 6.54 Å². The van der Waals surface area contributed by atoms with Crippen molar-refractivity contribution in [3.8, 4) is 0 Å². The number of likely N-dealkylation sites (N-methyl/N-ethyl adjacent to an activating group) is 1. The van der Waals surface area contributed by atoms with Gasteiger partial charge in [-0.3, -0.25) is 4.79 Å². The third-order valence-electron chi connectivity index (χ3n) is 3.10. The van der Waals surface area contributed by atoms with E-state index >= 15 is 0 Å². The molecule has 0 aromatic heterocycles. The molecule has 0 bridgehead atoms. The number of nitrogens with one attached hydrogen (secondary N) is 2. The molecule has 0 heterocycles. The molecule has 1 aromatic rings. The number of carbonyl (C=O) groups excluding carboxylic acids is 1. The van der Waals surface area contributed by atoms with Crippen LogP contribution in [0.15, 0.2) is 24.3 Å². The predicted molar refractivity (Wildman–Crippen MR) is 85.0 cm³/mol. The van der Waals surface area contributed by atoms with Crippen LogP contribution in [0, 0.1) is 0 Å². The number of para-hydroxylation sites is 1. The number of carbonyl (C=O) groups is 1. The zero-order chi connectivity index (χ0) is 14.8. The van der Waals surface area contributed by atoms with Gasteiger partial charge in [-0.1, -0.05) is 32.0 Å². The number of amides is 1. The van der Waals surface area contributed by atoms with E-state index in [9.17, 15) is 4.79 Å². The SMILES string of the molecule is CCCNCc1ccccc1N(C)CC(=O)NCCC. The number of nitrogens with zero attached hydrogens (tertiary/aromatic N) is 1. The van der Waals surface area contributed by atoms with E-state index in [2.05, 4.69) is 36.6 Å². The van der Waals surface area contributed by atoms with Gasteiger partial charge in [0.15, 0.2) is 0 Å². The lowest BCUT2D eigenvalue weighted by atomic mass is 10.1. The molecule has 20 heavy (non-hydrogen) atoms. The Labute approximate surface area is 122 Å². The van der Waals surface area contributed by atoms with Crippen molar-refractivity contribution in [3.63, 3.8) is 0 Å². The number of rotatable bonds is 9. The molecule has 0 aliphatic heterocycles. The Morgan fingerprint density at radius 3 is 2.55 bits per heavy atom. The lowest BCUT2D eigenvalue weighted by Crippen LogP contribution is -2.36. The second-order valence-corrected chi connectivity index (χ2v) is 5.01. The molecule has 0 radical (unpaired) electrons. The summed E-state index contributed by atoms with van der Waals surface area (Å²) in [6, 6.07) is 8.23. The highest BCUT2D eigenvalue weighted by Crippen LogP contribution is 2.18. The highest BCUT2D eigenvalue weighted by atomic mass is 16.2. The maximum absolute atomic E-state index is 11.8. The van der Waals surface area contributed by atoms with E-state index < -0.39 is 0 Å². The third-order valence-corrected chi connectivity index (χ3v) is 3.10. The molecule has 0 saturated carbocycles. The minimum Gasteiger partial charge on any atom is -0.365 e. The molecule has 4 nitrogen and oxygen atoms in total. The van der Waals surface area contributed by atoms with Crippen LogP contribution in [-0.4, -0.2) is 32.6 Å². The number of hydrogen-bond acceptors (Lipinski definition) is 3. The quantitative estimate of drug-likeness (QED) is 0.680. The number of benzene rings is 1. The summed E-state index contributed by atoms with van der Waals surface area (Å²) in [6.45, 7) is 7.19. The van der Waals surface area contributed by atoms with Crippen LogP contribution in [0.5, 0.6) is 0 Å². The minimum atomic E-state index is 0.0747. The lowest BCUT2D eigenvalue weighted by molar-refractivity contribution is -0.119. The molecule has 0 fully saturated rings. The second-order valence-electron chi connectivity index (χ2n) is 5.01. The monoisotopic (exact) mass is 277 g/mol. The van der Waals surface area contributed by atoms with Gasteiger partial charge >= 0.3 is 0 Å². The molecule has 1 aromatic carbocycles. The molecule has 0 aliphatic carbocycles. The maximum Gasteiger partial charge on any atom is 0.239 e. The van der Waals surface area contributed by atoms with E-state index in [-0.39, 0.29) is 5.91 Å². The molecule has 1 rings (SSSR count). The normalized spacial score (nSPS) is 10.3. The van der Waals surface area contributed by atoms with Crippen molar-refractivity contribution in [2.24, 2.45) is 0 Å². The van der Waals surface area contributed by atoms with Crippen molar-refractivity contribution < 1.29 is 4.79 Å². The van der Waals surface area contributed by atoms with Crippen LogP contribution in [0.25, 0.3) is 0 Å². The van der Waals surface area contributed by atoms with Gasteiger partial charge in [0.25, 0.3) is 0 Å². The minimum absolute atomic E-state index is 0.0747. The molecule has 1 amide bonds. The van der Waals surface area contributed by atoms with Gasteiger partial charge < -0.3 is 15.5 Å². The van der Waals surface area contributed by atoms with Gasteiger partial charge in [0.1, 0.15) is 0 Å². The van der Waals surface area contributed by atoms with Crippen LogP contribution < -0.4 is 15.5 Å². The van der Waals surface area contributed by atoms with Crippen molar-refractivity contribution in [2.45, 2.75) is 33.2 Å². The molecule has 0 spiro atoms. The standard InChI is InChI=1S/C16H27N3O/c1-4-10-17-12-14-8-6-7-9-15(14)19(3)13-16(20)18-11-5-2/h6-9,17H,4-5,10-13H2,1-3H3,(H,18,20). The van der Waals surface area contributed by atoms with Gasteiger partial charge in [-0.25, -0.2) is 0 Å². The molecular weight excluding hydrogens is 250 g/mol. The van der Waals surface area contributed by atoms with Gasteiger partial charge in [0, 0.05) is 25.8 Å². The summed E-state index contributed by atoms with van der Waals surface area (Å²) in [4.78, 5) is 13.8. The Kier molecular flexibility index (Phi) is 7.73. The first-order chi connectivity index (χ1) is 9.69. The van der Waals surface area contributed by atoms with E-state index in [1.54, 1.807) is 0 Å². The fourth-order valence-electron chi connectivity index (χ4n) is 2.05. The van der Waals surface area contributed by atoms with E-state index in [1.165, 1.54) is 5.56 Å². The van der Waals surface area contributed by atoms with Crippen LogP contribution in [-0.2, 0) is 11.3 Å². The molecule has 0 unspecified atom stereocenters. The Balaban J connectivity index is 2.61. The summed E-state index contributed by atoms with van der Waals surface area (Å²) in [5, 5.41) is 6.32. The molecular formula is C16H27N3O. The predicted octanol–water partition coefficient (Wildman–Crippen LogP) is 2.15. The van der Waals surface area contributed by atoms with E-state index in [1.807, 2.05) is 24.1 Å². The van der Waals surface area contributed by atoms with Crippen LogP contribution in [0.1, 0.15) is 32.3 Å². The van der Waals surface area contributed by atoms with Crippen LogP contribution in [0.3, 0.4) is 0 Å². The summed E-state index contributed by atoms with van der Waals surface area (Å²) in [6.07, 6.45) is 2.09. The van der Waals surface area contributed by atoms with E-state index in [0.717, 1.165) is 38.2 Å². The smallest absolute Gasteiger partial charge is 0.239 e. The van der Waals surface area contributed by atoms with Gasteiger partial charge in [-0.15, -0.1) is 0 Å². The van der Waals surface area contributed by atoms with Crippen molar-refractivity contribution in [1.82, 2.24) is 10.6 Å². The second kappa shape index (κ2) is 9.37. The molecule has 0 atom stereocenters. The zero-order valence-corrected chi connectivity index (χ0v) is 12.9. The summed E-state index contributed by atoms with van der Waals surface area (Å²) in [5.41, 5.74) is 2.34. The van der Waals surface area contributed by atoms with Gasteiger partial charge in [0.05, 0.1) is 6.54 Å². The van der Waals surface area contributed by atoms with Crippen molar-refractivity contribution in [3.05, 3.63) is 29.8 Å². The average Bonchev–Trinajstić information content (AvgIpc) is 2.46. The first kappa shape index (κ1) is 16.5. The van der Waals surface area contributed by atoms with Crippen molar-refractivity contribution in [2.75, 3.05) is 31.6 Å². The number of anilines is 1. The maximum atomic E-state index is 11.8. The van der Waals surface area contributed by atoms with Crippen molar-refractivity contribution in [1.29, 1.82) is 0 Å². The molecule has 2 N–H and O–H groups in total. The third kappa shape index (κ3) is 5.61. The molecule has 112 valence electrons.